The normalized spacial score (nSPS) is 96.1. The van der Waals surface area contributed by atoms with E-state index >= 15 is 0 Å². The highest BCUT2D eigenvalue weighted by Crippen LogP contribution is 3.43. The highest BCUT2D eigenvalue weighted by Gasteiger charge is 3.41. The summed E-state index contributed by atoms with van der Waals surface area (Å²) in [5.74, 6) is 5.13. The van der Waals surface area contributed by atoms with E-state index in [0.29, 0.717) is 75.8 Å². The summed E-state index contributed by atoms with van der Waals surface area (Å²) in [4.78, 5) is 0. The smallest absolute Gasteiger partial charge is 0.00176 e. The van der Waals surface area contributed by atoms with Crippen LogP contribution in [0.4, 0.5) is 0 Å². The first-order valence-electron chi connectivity index (χ1n) is 14.4. The van der Waals surface area contributed by atoms with Crippen LogP contribution in [0.15, 0.2) is 0 Å². The summed E-state index contributed by atoms with van der Waals surface area (Å²) in [7, 11) is 0. The maximum Gasteiger partial charge on any atom is -0.00176 e. The van der Waals surface area contributed by atoms with Gasteiger partial charge in [-0.05, 0) is 105 Å². The van der Waals surface area contributed by atoms with E-state index in [1.807, 2.05) is 0 Å². The molecule has 172 valence electrons. The largest absolute Gasteiger partial charge is 0.0616 e. The first-order valence-corrected chi connectivity index (χ1v) is 14.4. The standard InChI is InChI=1S/C32H44/c1-14-16-18-17-15(2)21(7)23(9)19(3,4)25(11)27(13)26(12)20(5,6)24(10)22(14,8)28(16)29(18,21)32(27,30(17,23)25)31(24,26)28/h14-18H,1-13H3. The zero-order valence-electron chi connectivity index (χ0n) is 22.9. The first-order chi connectivity index (χ1) is 14.4. The second-order valence-corrected chi connectivity index (χ2v) is 18.4. The second kappa shape index (κ2) is 2.85. The van der Waals surface area contributed by atoms with Crippen LogP contribution in [-0.4, -0.2) is 0 Å². The Bertz CT molecular complexity index is 1300. The van der Waals surface area contributed by atoms with Gasteiger partial charge in [-0.1, -0.05) is 90.0 Å². The summed E-state index contributed by atoms with van der Waals surface area (Å²) in [6.45, 7) is 36.8. The van der Waals surface area contributed by atoms with Crippen molar-refractivity contribution in [3.63, 3.8) is 0 Å². The van der Waals surface area contributed by atoms with Crippen LogP contribution in [-0.2, 0) is 0 Å². The molecule has 0 aromatic heterocycles. The lowest BCUT2D eigenvalue weighted by Gasteiger charge is -3.30. The maximum atomic E-state index is 2.92. The lowest BCUT2D eigenvalue weighted by Crippen LogP contribution is -3.28. The number of fused-ring (bicyclic) bond motifs is 3. The third kappa shape index (κ3) is 0.494. The van der Waals surface area contributed by atoms with E-state index in [4.69, 9.17) is 0 Å². The molecule has 5 spiro atoms. The fourth-order valence-electron chi connectivity index (χ4n) is 24.0. The zero-order valence-corrected chi connectivity index (χ0v) is 22.9. The molecule has 0 aliphatic heterocycles. The highest BCUT2D eigenvalue weighted by molar-refractivity contribution is 5.86. The quantitative estimate of drug-likeness (QED) is 0.380. The van der Waals surface area contributed by atoms with Gasteiger partial charge in [-0.25, -0.2) is 0 Å². The third-order valence-corrected chi connectivity index (χ3v) is 22.7. The molecule has 12 aliphatic carbocycles. The Labute approximate surface area is 195 Å². The molecular formula is C32H44. The van der Waals surface area contributed by atoms with Crippen LogP contribution in [0.2, 0.25) is 0 Å². The van der Waals surface area contributed by atoms with Crippen molar-refractivity contribution >= 4 is 0 Å². The van der Waals surface area contributed by atoms with Crippen molar-refractivity contribution in [3.8, 4) is 0 Å². The summed E-state index contributed by atoms with van der Waals surface area (Å²) < 4.78 is 0. The minimum Gasteiger partial charge on any atom is -0.0616 e. The van der Waals surface area contributed by atoms with Gasteiger partial charge in [-0.15, -0.1) is 0 Å². The van der Waals surface area contributed by atoms with Gasteiger partial charge in [0.05, 0.1) is 0 Å². The topological polar surface area (TPSA) is 0 Å². The molecule has 12 rings (SSSR count). The third-order valence-electron chi connectivity index (χ3n) is 22.7. The molecule has 12 aliphatic rings. The lowest BCUT2D eigenvalue weighted by atomic mass is 8.73. The summed E-state index contributed by atoms with van der Waals surface area (Å²) in [5.41, 5.74) is 8.24. The van der Waals surface area contributed by atoms with Crippen LogP contribution < -0.4 is 0 Å². The molecule has 0 amide bonds. The molecule has 0 heterocycles. The van der Waals surface area contributed by atoms with Crippen LogP contribution in [0, 0.1) is 105 Å². The summed E-state index contributed by atoms with van der Waals surface area (Å²) in [6.07, 6.45) is 0. The van der Waals surface area contributed by atoms with Gasteiger partial charge in [0.2, 0.25) is 0 Å². The Balaban J connectivity index is 1.42. The van der Waals surface area contributed by atoms with E-state index < -0.39 is 0 Å². The number of hydrogen-bond donors (Lipinski definition) is 0. The van der Waals surface area contributed by atoms with Crippen molar-refractivity contribution in [2.45, 2.75) is 90.0 Å². The average Bonchev–Trinajstić information content (AvgIpc) is 3.11. The van der Waals surface area contributed by atoms with Crippen molar-refractivity contribution in [1.29, 1.82) is 0 Å². The van der Waals surface area contributed by atoms with Gasteiger partial charge in [0, 0.05) is 0 Å². The van der Waals surface area contributed by atoms with Crippen LogP contribution in [0.25, 0.3) is 0 Å². The lowest BCUT2D eigenvalue weighted by molar-refractivity contribution is -0.847. The molecule has 0 heteroatoms. The highest BCUT2D eigenvalue weighted by atomic mass is 15.4. The van der Waals surface area contributed by atoms with E-state index in [1.165, 1.54) is 0 Å². The molecule has 0 aromatic carbocycles. The van der Waals surface area contributed by atoms with Crippen molar-refractivity contribution in [2.75, 3.05) is 0 Å². The molecule has 0 saturated heterocycles. The van der Waals surface area contributed by atoms with Gasteiger partial charge >= 0.3 is 0 Å². The zero-order chi connectivity index (χ0) is 22.9. The number of hydrogen-bond acceptors (Lipinski definition) is 0. The van der Waals surface area contributed by atoms with Crippen molar-refractivity contribution in [2.24, 2.45) is 105 Å². The Kier molecular flexibility index (Phi) is 1.55. The van der Waals surface area contributed by atoms with E-state index in [0.717, 1.165) is 29.6 Å². The van der Waals surface area contributed by atoms with Gasteiger partial charge in [0.15, 0.2) is 0 Å². The van der Waals surface area contributed by atoms with Gasteiger partial charge in [-0.2, -0.15) is 0 Å². The van der Waals surface area contributed by atoms with E-state index in [2.05, 4.69) is 90.0 Å². The Morgan fingerprint density at radius 2 is 0.812 bits per heavy atom. The van der Waals surface area contributed by atoms with E-state index in [1.54, 1.807) is 0 Å². The fourth-order valence-corrected chi connectivity index (χ4v) is 24.0. The number of rotatable bonds is 0. The van der Waals surface area contributed by atoms with Gasteiger partial charge in [-0.3, -0.25) is 0 Å². The van der Waals surface area contributed by atoms with Gasteiger partial charge in [0.25, 0.3) is 0 Å². The molecule has 0 N–H and O–H groups in total. The summed E-state index contributed by atoms with van der Waals surface area (Å²) in [5, 5.41) is 0. The minimum absolute atomic E-state index is 0.453. The van der Waals surface area contributed by atoms with Gasteiger partial charge in [0.1, 0.15) is 0 Å². The molecule has 12 saturated carbocycles. The Morgan fingerprint density at radius 3 is 1.38 bits per heavy atom. The molecule has 17 unspecified atom stereocenters. The molecule has 4 bridgehead atoms. The molecule has 17 atom stereocenters. The summed E-state index contributed by atoms with van der Waals surface area (Å²) in [6, 6.07) is 0. The predicted molar refractivity (Wildman–Crippen MR) is 125 cm³/mol. The van der Waals surface area contributed by atoms with Crippen molar-refractivity contribution < 1.29 is 0 Å². The summed E-state index contributed by atoms with van der Waals surface area (Å²) >= 11 is 0. The van der Waals surface area contributed by atoms with E-state index in [-0.39, 0.29) is 0 Å². The molecular weight excluding hydrogens is 384 g/mol. The minimum atomic E-state index is 0.453. The van der Waals surface area contributed by atoms with Crippen molar-refractivity contribution in [3.05, 3.63) is 0 Å². The van der Waals surface area contributed by atoms with E-state index in [9.17, 15) is 0 Å². The monoisotopic (exact) mass is 428 g/mol. The Hall–Kier alpha value is 0. The fraction of sp³-hybridized carbons (Fsp3) is 1.00. The SMILES string of the molecule is CC1C2C3C4C(C)C5(C)C6(C)C(C)(C)C7(C)C8(C)C9(C)C(C)(C)C%10(C)C1(C)C21C35C8(C467)C%1091. The molecule has 0 aromatic rings. The second-order valence-electron chi connectivity index (χ2n) is 18.4. The predicted octanol–water partition coefficient (Wildman–Crippen LogP) is 7.29. The van der Waals surface area contributed by atoms with Crippen LogP contribution in [0.1, 0.15) is 90.0 Å². The van der Waals surface area contributed by atoms with Gasteiger partial charge < -0.3 is 0 Å². The molecule has 0 nitrogen and oxygen atoms in total. The van der Waals surface area contributed by atoms with Crippen molar-refractivity contribution in [1.82, 2.24) is 0 Å². The van der Waals surface area contributed by atoms with Crippen LogP contribution >= 0.6 is 0 Å². The van der Waals surface area contributed by atoms with Crippen LogP contribution in [0.3, 0.4) is 0 Å². The molecule has 0 radical (unpaired) electrons. The first kappa shape index (κ1) is 17.4. The molecule has 32 heavy (non-hydrogen) atoms. The Morgan fingerprint density at radius 1 is 0.375 bits per heavy atom. The maximum absolute atomic E-state index is 2.92. The molecule has 12 fully saturated rings. The van der Waals surface area contributed by atoms with Crippen LogP contribution in [0.5, 0.6) is 0 Å². The average molecular weight is 429 g/mol.